The summed E-state index contributed by atoms with van der Waals surface area (Å²) in [5, 5.41) is 0. The van der Waals surface area contributed by atoms with Gasteiger partial charge in [0.05, 0.1) is 0 Å². The van der Waals surface area contributed by atoms with Gasteiger partial charge in [-0.2, -0.15) is 17.7 Å². The van der Waals surface area contributed by atoms with Crippen molar-refractivity contribution in [1.29, 1.82) is 0 Å². The third-order valence-corrected chi connectivity index (χ3v) is 2.94. The molecule has 0 aromatic heterocycles. The van der Waals surface area contributed by atoms with E-state index >= 15 is 0 Å². The molecule has 0 bridgehead atoms. The van der Waals surface area contributed by atoms with E-state index in [2.05, 4.69) is 43.9 Å². The van der Waals surface area contributed by atoms with Gasteiger partial charge in [-0.25, -0.2) is 12.1 Å². The average molecular weight is 199 g/mol. The van der Waals surface area contributed by atoms with Gasteiger partial charge in [0.15, 0.2) is 0 Å². The SMILES string of the molecule is C[Si](C)(C)C[c-]1cccc1.[Ti]. The van der Waals surface area contributed by atoms with Gasteiger partial charge in [0, 0.05) is 29.8 Å². The van der Waals surface area contributed by atoms with Crippen LogP contribution in [0.15, 0.2) is 24.3 Å². The molecule has 0 saturated heterocycles. The minimum atomic E-state index is -0.862. The maximum atomic E-state index is 2.40. The third kappa shape index (κ3) is 4.67. The van der Waals surface area contributed by atoms with Gasteiger partial charge in [0.1, 0.15) is 0 Å². The molecule has 0 aliphatic rings. The molecule has 1 aromatic rings. The van der Waals surface area contributed by atoms with Crippen LogP contribution in [-0.2, 0) is 27.8 Å². The monoisotopic (exact) mass is 199 g/mol. The number of rotatable bonds is 2. The Bertz CT molecular complexity index is 184. The molecule has 2 heteroatoms. The summed E-state index contributed by atoms with van der Waals surface area (Å²) in [6.07, 6.45) is 0. The van der Waals surface area contributed by atoms with Crippen LogP contribution >= 0.6 is 0 Å². The molecule has 0 amide bonds. The van der Waals surface area contributed by atoms with Crippen molar-refractivity contribution in [2.24, 2.45) is 0 Å². The molecule has 0 aliphatic carbocycles. The molecule has 0 saturated carbocycles. The Morgan fingerprint density at radius 2 is 1.55 bits per heavy atom. The van der Waals surface area contributed by atoms with E-state index in [4.69, 9.17) is 0 Å². The Kier molecular flexibility index (Phi) is 4.45. The Morgan fingerprint density at radius 3 is 1.91 bits per heavy atom. The van der Waals surface area contributed by atoms with E-state index in [9.17, 15) is 0 Å². The summed E-state index contributed by atoms with van der Waals surface area (Å²) in [5.74, 6) is 0. The minimum absolute atomic E-state index is 0. The fourth-order valence-electron chi connectivity index (χ4n) is 1.14. The molecule has 0 fully saturated rings. The number of hydrogen-bond donors (Lipinski definition) is 0. The van der Waals surface area contributed by atoms with Gasteiger partial charge in [-0.1, -0.05) is 25.7 Å². The second-order valence-corrected chi connectivity index (χ2v) is 9.51. The first-order chi connectivity index (χ1) is 4.58. The van der Waals surface area contributed by atoms with Crippen molar-refractivity contribution in [3.63, 3.8) is 0 Å². The van der Waals surface area contributed by atoms with E-state index in [-0.39, 0.29) is 21.7 Å². The summed E-state index contributed by atoms with van der Waals surface area (Å²) >= 11 is 0. The third-order valence-electron chi connectivity index (χ3n) is 1.47. The van der Waals surface area contributed by atoms with E-state index in [0.717, 1.165) is 0 Å². The van der Waals surface area contributed by atoms with Crippen molar-refractivity contribution in [2.45, 2.75) is 25.7 Å². The number of hydrogen-bond acceptors (Lipinski definition) is 0. The summed E-state index contributed by atoms with van der Waals surface area (Å²) in [4.78, 5) is 0. The zero-order chi connectivity index (χ0) is 7.61. The predicted octanol–water partition coefficient (Wildman–Crippen LogP) is 2.82. The fraction of sp³-hybridized carbons (Fsp3) is 0.444. The van der Waals surface area contributed by atoms with Gasteiger partial charge in [-0.3, -0.25) is 0 Å². The summed E-state index contributed by atoms with van der Waals surface area (Å²) in [6.45, 7) is 7.21. The van der Waals surface area contributed by atoms with Gasteiger partial charge >= 0.3 is 0 Å². The molecule has 0 N–H and O–H groups in total. The predicted molar refractivity (Wildman–Crippen MR) is 49.1 cm³/mol. The van der Waals surface area contributed by atoms with E-state index < -0.39 is 8.07 Å². The quantitative estimate of drug-likeness (QED) is 0.507. The summed E-state index contributed by atoms with van der Waals surface area (Å²) in [5.41, 5.74) is 1.51. The van der Waals surface area contributed by atoms with E-state index in [1.165, 1.54) is 11.6 Å². The molecule has 0 atom stereocenters. The minimum Gasteiger partial charge on any atom is -0.213 e. The molecular weight excluding hydrogens is 184 g/mol. The van der Waals surface area contributed by atoms with Crippen molar-refractivity contribution in [1.82, 2.24) is 0 Å². The zero-order valence-corrected chi connectivity index (χ0v) is 10.1. The normalized spacial score (nSPS) is 10.8. The molecule has 0 heterocycles. The van der Waals surface area contributed by atoms with Gasteiger partial charge in [-0.15, -0.1) is 0 Å². The zero-order valence-electron chi connectivity index (χ0n) is 7.52. The first-order valence-corrected chi connectivity index (χ1v) is 7.49. The van der Waals surface area contributed by atoms with Crippen molar-refractivity contribution in [3.8, 4) is 0 Å². The van der Waals surface area contributed by atoms with Crippen LogP contribution in [0.25, 0.3) is 0 Å². The second-order valence-electron chi connectivity index (χ2n) is 4.03. The van der Waals surface area contributed by atoms with Gasteiger partial charge in [-0.05, 0) is 0 Å². The summed E-state index contributed by atoms with van der Waals surface area (Å²) < 4.78 is 0. The van der Waals surface area contributed by atoms with Crippen LogP contribution in [-0.4, -0.2) is 8.07 Å². The van der Waals surface area contributed by atoms with Crippen LogP contribution in [0.2, 0.25) is 19.6 Å². The molecule has 1 aromatic carbocycles. The summed E-state index contributed by atoms with van der Waals surface area (Å²) in [6, 6.07) is 10.0. The molecule has 0 nitrogen and oxygen atoms in total. The van der Waals surface area contributed by atoms with E-state index in [1.54, 1.807) is 0 Å². The Hall–Kier alpha value is 0.281. The van der Waals surface area contributed by atoms with E-state index in [1.807, 2.05) is 0 Å². The van der Waals surface area contributed by atoms with Crippen molar-refractivity contribution < 1.29 is 21.7 Å². The van der Waals surface area contributed by atoms with Crippen LogP contribution in [0.5, 0.6) is 0 Å². The topological polar surface area (TPSA) is 0 Å². The maximum Gasteiger partial charge on any atom is 0.0371 e. The van der Waals surface area contributed by atoms with Crippen molar-refractivity contribution in [3.05, 3.63) is 29.8 Å². The standard InChI is InChI=1S/C9H15Si.Ti/c1-10(2,3)8-9-6-4-5-7-9;/h4-7H,8H2,1-3H3;/q-1;. The molecule has 0 aliphatic heterocycles. The maximum absolute atomic E-state index is 2.40. The Balaban J connectivity index is 0.000001000. The van der Waals surface area contributed by atoms with Crippen molar-refractivity contribution in [2.75, 3.05) is 0 Å². The first-order valence-electron chi connectivity index (χ1n) is 3.78. The summed E-state index contributed by atoms with van der Waals surface area (Å²) in [7, 11) is -0.862. The van der Waals surface area contributed by atoms with Gasteiger partial charge < -0.3 is 0 Å². The smallest absolute Gasteiger partial charge is 0.0371 e. The van der Waals surface area contributed by atoms with Gasteiger partial charge in [0.25, 0.3) is 0 Å². The molecule has 0 spiro atoms. The first kappa shape index (κ1) is 11.3. The van der Waals surface area contributed by atoms with E-state index in [0.29, 0.717) is 0 Å². The molecular formula is C9H15SiTi-. The van der Waals surface area contributed by atoms with Crippen LogP contribution < -0.4 is 0 Å². The molecule has 60 valence electrons. The average Bonchev–Trinajstić information content (AvgIpc) is 2.12. The van der Waals surface area contributed by atoms with Crippen LogP contribution in [0.1, 0.15) is 5.56 Å². The fourth-order valence-corrected chi connectivity index (χ4v) is 2.60. The Morgan fingerprint density at radius 1 is 1.09 bits per heavy atom. The molecule has 0 unspecified atom stereocenters. The molecule has 0 radical (unpaired) electrons. The van der Waals surface area contributed by atoms with Crippen molar-refractivity contribution >= 4 is 8.07 Å². The molecule has 1 rings (SSSR count). The largest absolute Gasteiger partial charge is 0.213 e. The second kappa shape index (κ2) is 4.34. The van der Waals surface area contributed by atoms with Gasteiger partial charge in [0.2, 0.25) is 0 Å². The van der Waals surface area contributed by atoms with Crippen LogP contribution in [0.4, 0.5) is 0 Å². The Labute approximate surface area is 85.3 Å². The van der Waals surface area contributed by atoms with Crippen LogP contribution in [0, 0.1) is 0 Å². The van der Waals surface area contributed by atoms with Crippen LogP contribution in [0.3, 0.4) is 0 Å². The molecule has 11 heavy (non-hydrogen) atoms.